The van der Waals surface area contributed by atoms with Crippen molar-refractivity contribution in [1.82, 2.24) is 15.1 Å². The molecule has 3 rings (SSSR count). The van der Waals surface area contributed by atoms with Gasteiger partial charge in [-0.1, -0.05) is 36.4 Å². The van der Waals surface area contributed by atoms with E-state index in [2.05, 4.69) is 10.4 Å². The SMILES string of the molecule is COc1cccc(-n2nc(C(=O)NC(C)c3ccccc3)cc2C)c1. The Morgan fingerprint density at radius 3 is 2.60 bits per heavy atom. The summed E-state index contributed by atoms with van der Waals surface area (Å²) in [5, 5.41) is 7.44. The van der Waals surface area contributed by atoms with Gasteiger partial charge in [-0.05, 0) is 37.6 Å². The van der Waals surface area contributed by atoms with E-state index in [-0.39, 0.29) is 11.9 Å². The van der Waals surface area contributed by atoms with E-state index in [0.717, 1.165) is 22.7 Å². The highest BCUT2D eigenvalue weighted by Gasteiger charge is 2.16. The van der Waals surface area contributed by atoms with Crippen LogP contribution in [-0.4, -0.2) is 22.8 Å². The summed E-state index contributed by atoms with van der Waals surface area (Å²) in [4.78, 5) is 12.5. The Morgan fingerprint density at radius 2 is 1.88 bits per heavy atom. The van der Waals surface area contributed by atoms with Gasteiger partial charge in [0.1, 0.15) is 5.75 Å². The lowest BCUT2D eigenvalue weighted by Gasteiger charge is -2.13. The van der Waals surface area contributed by atoms with E-state index in [4.69, 9.17) is 4.74 Å². The van der Waals surface area contributed by atoms with Crippen LogP contribution in [-0.2, 0) is 0 Å². The fourth-order valence-corrected chi connectivity index (χ4v) is 2.68. The fraction of sp³-hybridized carbons (Fsp3) is 0.200. The second kappa shape index (κ2) is 7.21. The highest BCUT2D eigenvalue weighted by Crippen LogP contribution is 2.19. The molecule has 0 radical (unpaired) electrons. The van der Waals surface area contributed by atoms with Crippen LogP contribution in [0, 0.1) is 6.92 Å². The molecule has 1 unspecified atom stereocenters. The molecule has 0 saturated carbocycles. The van der Waals surface area contributed by atoms with Gasteiger partial charge in [0.2, 0.25) is 0 Å². The van der Waals surface area contributed by atoms with Crippen LogP contribution in [0.15, 0.2) is 60.7 Å². The molecule has 3 aromatic rings. The molecule has 1 N–H and O–H groups in total. The van der Waals surface area contributed by atoms with Gasteiger partial charge in [0.15, 0.2) is 5.69 Å². The van der Waals surface area contributed by atoms with E-state index in [0.29, 0.717) is 5.69 Å². The van der Waals surface area contributed by atoms with Gasteiger partial charge in [0, 0.05) is 11.8 Å². The first-order chi connectivity index (χ1) is 12.1. The predicted octanol–water partition coefficient (Wildman–Crippen LogP) is 3.68. The van der Waals surface area contributed by atoms with Crippen LogP contribution in [0.2, 0.25) is 0 Å². The number of hydrogen-bond acceptors (Lipinski definition) is 3. The van der Waals surface area contributed by atoms with Gasteiger partial charge < -0.3 is 10.1 Å². The monoisotopic (exact) mass is 335 g/mol. The standard InChI is InChI=1S/C20H21N3O2/c1-14-12-19(20(24)21-15(2)16-8-5-4-6-9-16)22-23(14)17-10-7-11-18(13-17)25-3/h4-13,15H,1-3H3,(H,21,24). The molecule has 5 nitrogen and oxygen atoms in total. The molecule has 1 heterocycles. The number of amides is 1. The van der Waals surface area contributed by atoms with Gasteiger partial charge in [-0.2, -0.15) is 5.10 Å². The van der Waals surface area contributed by atoms with Crippen LogP contribution >= 0.6 is 0 Å². The Morgan fingerprint density at radius 1 is 1.12 bits per heavy atom. The molecular weight excluding hydrogens is 314 g/mol. The van der Waals surface area contributed by atoms with Crippen molar-refractivity contribution >= 4 is 5.91 Å². The van der Waals surface area contributed by atoms with Crippen molar-refractivity contribution in [3.05, 3.63) is 77.6 Å². The molecule has 5 heteroatoms. The maximum atomic E-state index is 12.5. The second-order valence-corrected chi connectivity index (χ2v) is 5.89. The zero-order chi connectivity index (χ0) is 17.8. The summed E-state index contributed by atoms with van der Waals surface area (Å²) in [5.41, 5.74) is 3.18. The van der Waals surface area contributed by atoms with Crippen LogP contribution in [0.4, 0.5) is 0 Å². The molecule has 0 fully saturated rings. The van der Waals surface area contributed by atoms with Gasteiger partial charge in [0.25, 0.3) is 5.91 Å². The zero-order valence-corrected chi connectivity index (χ0v) is 14.6. The Balaban J connectivity index is 1.80. The number of nitrogens with one attached hydrogen (secondary N) is 1. The number of carbonyl (C=O) groups excluding carboxylic acids is 1. The third kappa shape index (κ3) is 3.71. The summed E-state index contributed by atoms with van der Waals surface area (Å²) in [6, 6.07) is 19.1. The van der Waals surface area contributed by atoms with E-state index in [1.165, 1.54) is 0 Å². The molecule has 0 saturated heterocycles. The number of rotatable bonds is 5. The number of nitrogens with zero attached hydrogens (tertiary/aromatic N) is 2. The first-order valence-electron chi connectivity index (χ1n) is 8.15. The number of benzene rings is 2. The normalized spacial score (nSPS) is 11.8. The Hall–Kier alpha value is -3.08. The minimum atomic E-state index is -0.193. The lowest BCUT2D eigenvalue weighted by atomic mass is 10.1. The lowest BCUT2D eigenvalue weighted by Crippen LogP contribution is -2.27. The molecule has 2 aromatic carbocycles. The largest absolute Gasteiger partial charge is 0.497 e. The van der Waals surface area contributed by atoms with Gasteiger partial charge in [-0.3, -0.25) is 4.79 Å². The lowest BCUT2D eigenvalue weighted by molar-refractivity contribution is 0.0934. The number of carbonyl (C=O) groups is 1. The molecule has 0 aliphatic rings. The number of hydrogen-bond donors (Lipinski definition) is 1. The molecule has 0 aliphatic carbocycles. The topological polar surface area (TPSA) is 56.2 Å². The van der Waals surface area contributed by atoms with Crippen molar-refractivity contribution in [1.29, 1.82) is 0 Å². The minimum absolute atomic E-state index is 0.0871. The zero-order valence-electron chi connectivity index (χ0n) is 14.6. The van der Waals surface area contributed by atoms with Crippen LogP contribution in [0.3, 0.4) is 0 Å². The van der Waals surface area contributed by atoms with Crippen LogP contribution in [0.5, 0.6) is 5.75 Å². The van der Waals surface area contributed by atoms with Gasteiger partial charge in [0.05, 0.1) is 18.8 Å². The van der Waals surface area contributed by atoms with E-state index in [1.807, 2.05) is 68.4 Å². The highest BCUT2D eigenvalue weighted by molar-refractivity contribution is 5.92. The van der Waals surface area contributed by atoms with Crippen molar-refractivity contribution in [3.63, 3.8) is 0 Å². The van der Waals surface area contributed by atoms with Crippen LogP contribution in [0.25, 0.3) is 5.69 Å². The molecule has 25 heavy (non-hydrogen) atoms. The smallest absolute Gasteiger partial charge is 0.272 e. The Labute approximate surface area is 147 Å². The number of aromatic nitrogens is 2. The maximum Gasteiger partial charge on any atom is 0.272 e. The molecule has 128 valence electrons. The summed E-state index contributed by atoms with van der Waals surface area (Å²) in [7, 11) is 1.62. The van der Waals surface area contributed by atoms with Crippen molar-refractivity contribution in [3.8, 4) is 11.4 Å². The summed E-state index contributed by atoms with van der Waals surface area (Å²) < 4.78 is 6.99. The van der Waals surface area contributed by atoms with Crippen LogP contribution < -0.4 is 10.1 Å². The van der Waals surface area contributed by atoms with Crippen LogP contribution in [0.1, 0.15) is 34.7 Å². The molecular formula is C20H21N3O2. The number of methoxy groups -OCH3 is 1. The fourth-order valence-electron chi connectivity index (χ4n) is 2.68. The third-order valence-electron chi connectivity index (χ3n) is 4.07. The second-order valence-electron chi connectivity index (χ2n) is 5.89. The molecule has 0 spiro atoms. The van der Waals surface area contributed by atoms with E-state index < -0.39 is 0 Å². The molecule has 0 bridgehead atoms. The maximum absolute atomic E-state index is 12.5. The number of ether oxygens (including phenoxy) is 1. The summed E-state index contributed by atoms with van der Waals surface area (Å²) >= 11 is 0. The Bertz CT molecular complexity index is 872. The van der Waals surface area contributed by atoms with Crippen molar-refractivity contribution < 1.29 is 9.53 Å². The van der Waals surface area contributed by atoms with Gasteiger partial charge in [-0.15, -0.1) is 0 Å². The summed E-state index contributed by atoms with van der Waals surface area (Å²) in [6.07, 6.45) is 0. The van der Waals surface area contributed by atoms with Crippen molar-refractivity contribution in [2.75, 3.05) is 7.11 Å². The first-order valence-corrected chi connectivity index (χ1v) is 8.15. The van der Waals surface area contributed by atoms with E-state index in [1.54, 1.807) is 17.9 Å². The molecule has 1 atom stereocenters. The summed E-state index contributed by atoms with van der Waals surface area (Å²) in [6.45, 7) is 3.88. The van der Waals surface area contributed by atoms with Crippen molar-refractivity contribution in [2.45, 2.75) is 19.9 Å². The predicted molar refractivity (Wildman–Crippen MR) is 97.2 cm³/mol. The number of aryl methyl sites for hydroxylation is 1. The average Bonchev–Trinajstić information content (AvgIpc) is 3.04. The average molecular weight is 335 g/mol. The van der Waals surface area contributed by atoms with Crippen molar-refractivity contribution in [2.24, 2.45) is 0 Å². The minimum Gasteiger partial charge on any atom is -0.497 e. The molecule has 1 amide bonds. The Kier molecular flexibility index (Phi) is 4.84. The molecule has 1 aromatic heterocycles. The van der Waals surface area contributed by atoms with E-state index >= 15 is 0 Å². The third-order valence-corrected chi connectivity index (χ3v) is 4.07. The van der Waals surface area contributed by atoms with E-state index in [9.17, 15) is 4.79 Å². The van der Waals surface area contributed by atoms with Gasteiger partial charge >= 0.3 is 0 Å². The van der Waals surface area contributed by atoms with Gasteiger partial charge in [-0.25, -0.2) is 4.68 Å². The molecule has 0 aliphatic heterocycles. The first kappa shape index (κ1) is 16.8. The quantitative estimate of drug-likeness (QED) is 0.774. The summed E-state index contributed by atoms with van der Waals surface area (Å²) in [5.74, 6) is 0.553. The highest BCUT2D eigenvalue weighted by atomic mass is 16.5.